The molecule has 0 radical (unpaired) electrons. The van der Waals surface area contributed by atoms with Crippen LogP contribution in [0.15, 0.2) is 0 Å². The Morgan fingerprint density at radius 2 is 2.00 bits per heavy atom. The van der Waals surface area contributed by atoms with Crippen molar-refractivity contribution < 1.29 is 0 Å². The first-order valence-electron chi connectivity index (χ1n) is 6.50. The Labute approximate surface area is 95.2 Å². The van der Waals surface area contributed by atoms with Crippen LogP contribution >= 0.6 is 0 Å². The summed E-state index contributed by atoms with van der Waals surface area (Å²) in [6.07, 6.45) is 3.80. The van der Waals surface area contributed by atoms with Crippen LogP contribution in [0, 0.1) is 11.8 Å². The third-order valence-electron chi connectivity index (χ3n) is 3.82. The number of nitrogens with zero attached hydrogens (tertiary/aromatic N) is 1. The highest BCUT2D eigenvalue weighted by molar-refractivity contribution is 4.81. The number of hydrogen-bond donors (Lipinski definition) is 1. The second-order valence-corrected chi connectivity index (χ2v) is 5.67. The number of piperidine rings is 1. The molecule has 1 heterocycles. The van der Waals surface area contributed by atoms with Gasteiger partial charge in [-0.3, -0.25) is 0 Å². The van der Waals surface area contributed by atoms with Crippen molar-refractivity contribution in [2.45, 2.75) is 59.0 Å². The molecule has 0 bridgehead atoms. The quantitative estimate of drug-likeness (QED) is 0.776. The van der Waals surface area contributed by atoms with Crippen molar-refractivity contribution in [2.75, 3.05) is 13.1 Å². The smallest absolute Gasteiger partial charge is 0.00927 e. The van der Waals surface area contributed by atoms with Crippen molar-refractivity contribution in [2.24, 2.45) is 17.6 Å². The lowest BCUT2D eigenvalue weighted by atomic mass is 9.86. The van der Waals surface area contributed by atoms with E-state index in [1.807, 2.05) is 0 Å². The van der Waals surface area contributed by atoms with E-state index in [4.69, 9.17) is 5.73 Å². The molecule has 0 aliphatic carbocycles. The monoisotopic (exact) mass is 212 g/mol. The Kier molecular flexibility index (Phi) is 5.07. The molecule has 0 spiro atoms. The van der Waals surface area contributed by atoms with Gasteiger partial charge in [0.1, 0.15) is 0 Å². The third kappa shape index (κ3) is 4.12. The summed E-state index contributed by atoms with van der Waals surface area (Å²) in [5.74, 6) is 1.72. The molecule has 4 unspecified atom stereocenters. The first kappa shape index (κ1) is 13.0. The van der Waals surface area contributed by atoms with Gasteiger partial charge in [-0.15, -0.1) is 0 Å². The third-order valence-corrected chi connectivity index (χ3v) is 3.82. The standard InChI is InChI=1S/C13H28N2/c1-10-8-11(2)13(4)15(9-10)7-5-6-12(3)14/h10-13H,5-9,14H2,1-4H3. The van der Waals surface area contributed by atoms with Gasteiger partial charge in [-0.05, 0) is 51.5 Å². The van der Waals surface area contributed by atoms with E-state index in [9.17, 15) is 0 Å². The molecule has 1 rings (SSSR count). The fourth-order valence-corrected chi connectivity index (χ4v) is 2.74. The van der Waals surface area contributed by atoms with Gasteiger partial charge in [-0.25, -0.2) is 0 Å². The van der Waals surface area contributed by atoms with Gasteiger partial charge in [-0.1, -0.05) is 13.8 Å². The first-order chi connectivity index (χ1) is 7.00. The van der Waals surface area contributed by atoms with Crippen molar-refractivity contribution in [3.05, 3.63) is 0 Å². The highest BCUT2D eigenvalue weighted by atomic mass is 15.2. The van der Waals surface area contributed by atoms with Gasteiger partial charge >= 0.3 is 0 Å². The van der Waals surface area contributed by atoms with Crippen LogP contribution in [0.3, 0.4) is 0 Å². The van der Waals surface area contributed by atoms with Gasteiger partial charge in [-0.2, -0.15) is 0 Å². The van der Waals surface area contributed by atoms with Crippen LogP contribution in [0.4, 0.5) is 0 Å². The van der Waals surface area contributed by atoms with Crippen LogP contribution < -0.4 is 5.73 Å². The van der Waals surface area contributed by atoms with Crippen LogP contribution in [0.5, 0.6) is 0 Å². The van der Waals surface area contributed by atoms with Gasteiger partial charge in [0.25, 0.3) is 0 Å². The molecule has 2 nitrogen and oxygen atoms in total. The fraction of sp³-hybridized carbons (Fsp3) is 1.00. The van der Waals surface area contributed by atoms with E-state index >= 15 is 0 Å². The number of rotatable bonds is 4. The summed E-state index contributed by atoms with van der Waals surface area (Å²) in [5.41, 5.74) is 5.78. The van der Waals surface area contributed by atoms with E-state index in [1.54, 1.807) is 0 Å². The van der Waals surface area contributed by atoms with E-state index in [2.05, 4.69) is 32.6 Å². The van der Waals surface area contributed by atoms with E-state index in [-0.39, 0.29) is 0 Å². The second kappa shape index (κ2) is 5.86. The van der Waals surface area contributed by atoms with Crippen LogP contribution in [-0.4, -0.2) is 30.1 Å². The van der Waals surface area contributed by atoms with E-state index in [1.165, 1.54) is 25.9 Å². The number of nitrogens with two attached hydrogens (primary N) is 1. The number of likely N-dealkylation sites (tertiary alicyclic amines) is 1. The lowest BCUT2D eigenvalue weighted by Gasteiger charge is -2.41. The molecular formula is C13H28N2. The van der Waals surface area contributed by atoms with Gasteiger partial charge < -0.3 is 10.6 Å². The molecule has 90 valence electrons. The molecule has 2 N–H and O–H groups in total. The highest BCUT2D eigenvalue weighted by Gasteiger charge is 2.27. The highest BCUT2D eigenvalue weighted by Crippen LogP contribution is 2.26. The summed E-state index contributed by atoms with van der Waals surface area (Å²) in [6, 6.07) is 1.12. The first-order valence-corrected chi connectivity index (χ1v) is 6.50. The number of hydrogen-bond acceptors (Lipinski definition) is 2. The van der Waals surface area contributed by atoms with Gasteiger partial charge in [0.05, 0.1) is 0 Å². The maximum atomic E-state index is 5.78. The zero-order valence-electron chi connectivity index (χ0n) is 10.9. The van der Waals surface area contributed by atoms with Crippen molar-refractivity contribution >= 4 is 0 Å². The van der Waals surface area contributed by atoms with Crippen molar-refractivity contribution in [1.82, 2.24) is 4.90 Å². The maximum Gasteiger partial charge on any atom is 0.00927 e. The normalized spacial score (nSPS) is 35.4. The van der Waals surface area contributed by atoms with Crippen molar-refractivity contribution in [1.29, 1.82) is 0 Å². The lowest BCUT2D eigenvalue weighted by Crippen LogP contribution is -2.46. The summed E-state index contributed by atoms with van der Waals surface area (Å²) in [4.78, 5) is 2.65. The van der Waals surface area contributed by atoms with Crippen molar-refractivity contribution in [3.8, 4) is 0 Å². The van der Waals surface area contributed by atoms with E-state index in [0.29, 0.717) is 6.04 Å². The van der Waals surface area contributed by atoms with Gasteiger partial charge in [0, 0.05) is 18.6 Å². The van der Waals surface area contributed by atoms with Crippen LogP contribution in [0.1, 0.15) is 47.0 Å². The molecule has 1 aliphatic heterocycles. The summed E-state index contributed by atoms with van der Waals surface area (Å²) in [6.45, 7) is 11.8. The molecule has 1 aliphatic rings. The molecule has 4 atom stereocenters. The van der Waals surface area contributed by atoms with Crippen LogP contribution in [-0.2, 0) is 0 Å². The SMILES string of the molecule is CC(N)CCCN1CC(C)CC(C)C1C. The molecule has 15 heavy (non-hydrogen) atoms. The largest absolute Gasteiger partial charge is 0.328 e. The Morgan fingerprint density at radius 1 is 1.33 bits per heavy atom. The minimum absolute atomic E-state index is 0.361. The summed E-state index contributed by atoms with van der Waals surface area (Å²) in [5, 5.41) is 0. The van der Waals surface area contributed by atoms with E-state index in [0.717, 1.165) is 24.3 Å². The Balaban J connectivity index is 2.32. The molecule has 1 fully saturated rings. The Hall–Kier alpha value is -0.0800. The van der Waals surface area contributed by atoms with E-state index < -0.39 is 0 Å². The second-order valence-electron chi connectivity index (χ2n) is 5.67. The zero-order valence-corrected chi connectivity index (χ0v) is 10.9. The Bertz CT molecular complexity index is 179. The van der Waals surface area contributed by atoms with Crippen LogP contribution in [0.25, 0.3) is 0 Å². The van der Waals surface area contributed by atoms with Crippen LogP contribution in [0.2, 0.25) is 0 Å². The summed E-state index contributed by atoms with van der Waals surface area (Å²) >= 11 is 0. The molecular weight excluding hydrogens is 184 g/mol. The molecule has 0 aromatic carbocycles. The molecule has 0 aromatic rings. The average molecular weight is 212 g/mol. The van der Waals surface area contributed by atoms with Gasteiger partial charge in [0.2, 0.25) is 0 Å². The fourth-order valence-electron chi connectivity index (χ4n) is 2.74. The van der Waals surface area contributed by atoms with Gasteiger partial charge in [0.15, 0.2) is 0 Å². The average Bonchev–Trinajstić information content (AvgIpc) is 2.12. The minimum Gasteiger partial charge on any atom is -0.328 e. The predicted molar refractivity (Wildman–Crippen MR) is 66.9 cm³/mol. The topological polar surface area (TPSA) is 29.3 Å². The lowest BCUT2D eigenvalue weighted by molar-refractivity contribution is 0.0779. The molecule has 0 saturated carbocycles. The molecule has 0 amide bonds. The molecule has 1 saturated heterocycles. The Morgan fingerprint density at radius 3 is 2.60 bits per heavy atom. The van der Waals surface area contributed by atoms with Crippen molar-refractivity contribution in [3.63, 3.8) is 0 Å². The maximum absolute atomic E-state index is 5.78. The summed E-state index contributed by atoms with van der Waals surface area (Å²) in [7, 11) is 0. The minimum atomic E-state index is 0.361. The zero-order chi connectivity index (χ0) is 11.4. The predicted octanol–water partition coefficient (Wildman–Crippen LogP) is 2.48. The molecule has 2 heteroatoms. The summed E-state index contributed by atoms with van der Waals surface area (Å²) < 4.78 is 0. The molecule has 0 aromatic heterocycles.